The summed E-state index contributed by atoms with van der Waals surface area (Å²) in [5.41, 5.74) is 7.74. The van der Waals surface area contributed by atoms with Gasteiger partial charge in [-0.15, -0.1) is 0 Å². The van der Waals surface area contributed by atoms with Crippen molar-refractivity contribution >= 4 is 11.5 Å². The molecule has 0 spiro atoms. The van der Waals surface area contributed by atoms with Gasteiger partial charge in [0.15, 0.2) is 5.82 Å². The molecule has 0 aromatic carbocycles. The number of aryl methyl sites for hydroxylation is 1. The minimum Gasteiger partial charge on any atom is -0.396 e. The van der Waals surface area contributed by atoms with Crippen LogP contribution < -0.4 is 10.6 Å². The maximum Gasteiger partial charge on any atom is 0.152 e. The van der Waals surface area contributed by atoms with E-state index in [9.17, 15) is 5.11 Å². The van der Waals surface area contributed by atoms with Crippen molar-refractivity contribution in [3.8, 4) is 0 Å². The van der Waals surface area contributed by atoms with E-state index in [0.717, 1.165) is 24.3 Å². The van der Waals surface area contributed by atoms with E-state index in [2.05, 4.69) is 16.8 Å². The van der Waals surface area contributed by atoms with Crippen molar-refractivity contribution in [3.05, 3.63) is 17.8 Å². The van der Waals surface area contributed by atoms with Crippen molar-refractivity contribution in [1.29, 1.82) is 0 Å². The van der Waals surface area contributed by atoms with Crippen LogP contribution in [0.15, 0.2) is 12.3 Å². The standard InChI is InChI=1S/C12H19N3O/c1-8-5-10(13)12(14-6-8)15-4-3-9(2)11(15)7-16/h5-6,9,11,16H,3-4,7,13H2,1-2H3. The Labute approximate surface area is 96.1 Å². The molecule has 4 heteroatoms. The van der Waals surface area contributed by atoms with Crippen LogP contribution in [0.3, 0.4) is 0 Å². The molecule has 0 amide bonds. The van der Waals surface area contributed by atoms with E-state index in [1.165, 1.54) is 0 Å². The van der Waals surface area contributed by atoms with Crippen LogP contribution in [0.2, 0.25) is 0 Å². The minimum atomic E-state index is 0.150. The van der Waals surface area contributed by atoms with Gasteiger partial charge in [0.2, 0.25) is 0 Å². The topological polar surface area (TPSA) is 62.4 Å². The number of aliphatic hydroxyl groups is 1. The fraction of sp³-hybridized carbons (Fsp3) is 0.583. The Morgan fingerprint density at radius 2 is 2.38 bits per heavy atom. The van der Waals surface area contributed by atoms with Crippen LogP contribution >= 0.6 is 0 Å². The number of nitrogen functional groups attached to an aromatic ring is 1. The first-order valence-corrected chi connectivity index (χ1v) is 5.73. The molecule has 1 aliphatic rings. The van der Waals surface area contributed by atoms with Gasteiger partial charge < -0.3 is 15.7 Å². The second-order valence-electron chi connectivity index (χ2n) is 4.63. The lowest BCUT2D eigenvalue weighted by Crippen LogP contribution is -2.36. The van der Waals surface area contributed by atoms with Gasteiger partial charge in [-0.1, -0.05) is 6.92 Å². The number of hydrogen-bond acceptors (Lipinski definition) is 4. The molecule has 0 bridgehead atoms. The third-order valence-corrected chi connectivity index (χ3v) is 3.37. The van der Waals surface area contributed by atoms with Crippen molar-refractivity contribution in [2.24, 2.45) is 5.92 Å². The molecule has 2 heterocycles. The Morgan fingerprint density at radius 1 is 1.62 bits per heavy atom. The molecule has 1 aromatic heterocycles. The Kier molecular flexibility index (Phi) is 3.01. The van der Waals surface area contributed by atoms with Crippen LogP contribution in [0.4, 0.5) is 11.5 Å². The highest BCUT2D eigenvalue weighted by Crippen LogP contribution is 2.31. The van der Waals surface area contributed by atoms with E-state index in [4.69, 9.17) is 5.73 Å². The molecule has 0 aliphatic carbocycles. The van der Waals surface area contributed by atoms with Gasteiger partial charge in [0.05, 0.1) is 18.3 Å². The lowest BCUT2D eigenvalue weighted by Gasteiger charge is -2.27. The van der Waals surface area contributed by atoms with Crippen molar-refractivity contribution in [2.45, 2.75) is 26.3 Å². The average Bonchev–Trinajstić information content (AvgIpc) is 2.59. The number of anilines is 2. The summed E-state index contributed by atoms with van der Waals surface area (Å²) in [5.74, 6) is 1.31. The lowest BCUT2D eigenvalue weighted by molar-refractivity contribution is 0.244. The summed E-state index contributed by atoms with van der Waals surface area (Å²) < 4.78 is 0. The molecule has 0 saturated carbocycles. The fourth-order valence-corrected chi connectivity index (χ4v) is 2.37. The highest BCUT2D eigenvalue weighted by Gasteiger charge is 2.32. The van der Waals surface area contributed by atoms with E-state index in [1.807, 2.05) is 19.2 Å². The van der Waals surface area contributed by atoms with Crippen LogP contribution in [0, 0.1) is 12.8 Å². The number of nitrogens with two attached hydrogens (primary N) is 1. The molecule has 3 N–H and O–H groups in total. The Balaban J connectivity index is 2.30. The van der Waals surface area contributed by atoms with Gasteiger partial charge in [-0.3, -0.25) is 0 Å². The van der Waals surface area contributed by atoms with Gasteiger partial charge in [0, 0.05) is 12.7 Å². The molecule has 88 valence electrons. The van der Waals surface area contributed by atoms with Crippen LogP contribution in [-0.4, -0.2) is 29.3 Å². The molecule has 1 fully saturated rings. The van der Waals surface area contributed by atoms with E-state index in [-0.39, 0.29) is 12.6 Å². The Morgan fingerprint density at radius 3 is 3.00 bits per heavy atom. The van der Waals surface area contributed by atoms with Crippen LogP contribution in [-0.2, 0) is 0 Å². The van der Waals surface area contributed by atoms with Gasteiger partial charge in [-0.2, -0.15) is 0 Å². The zero-order valence-electron chi connectivity index (χ0n) is 9.85. The summed E-state index contributed by atoms with van der Waals surface area (Å²) in [4.78, 5) is 6.51. The van der Waals surface area contributed by atoms with Crippen LogP contribution in [0.25, 0.3) is 0 Å². The first kappa shape index (κ1) is 11.2. The predicted molar refractivity (Wildman–Crippen MR) is 65.4 cm³/mol. The monoisotopic (exact) mass is 221 g/mol. The first-order chi connectivity index (χ1) is 7.63. The quantitative estimate of drug-likeness (QED) is 0.787. The molecule has 2 atom stereocenters. The SMILES string of the molecule is Cc1cnc(N2CCC(C)C2CO)c(N)c1. The number of aliphatic hydroxyl groups excluding tert-OH is 1. The molecule has 0 radical (unpaired) electrons. The molecular weight excluding hydrogens is 202 g/mol. The summed E-state index contributed by atoms with van der Waals surface area (Å²) in [6, 6.07) is 2.08. The van der Waals surface area contributed by atoms with Gasteiger partial charge in [0.25, 0.3) is 0 Å². The second-order valence-corrected chi connectivity index (χ2v) is 4.63. The minimum absolute atomic E-state index is 0.150. The van der Waals surface area contributed by atoms with Crippen molar-refractivity contribution in [1.82, 2.24) is 4.98 Å². The summed E-state index contributed by atoms with van der Waals surface area (Å²) in [5, 5.41) is 9.40. The van der Waals surface area contributed by atoms with Crippen LogP contribution in [0.1, 0.15) is 18.9 Å². The van der Waals surface area contributed by atoms with E-state index >= 15 is 0 Å². The number of nitrogens with zero attached hydrogens (tertiary/aromatic N) is 2. The second kappa shape index (κ2) is 4.29. The molecule has 2 rings (SSSR count). The molecule has 4 nitrogen and oxygen atoms in total. The summed E-state index contributed by atoms with van der Waals surface area (Å²) in [7, 11) is 0. The number of hydrogen-bond donors (Lipinski definition) is 2. The van der Waals surface area contributed by atoms with Gasteiger partial charge >= 0.3 is 0 Å². The fourth-order valence-electron chi connectivity index (χ4n) is 2.37. The van der Waals surface area contributed by atoms with Crippen molar-refractivity contribution < 1.29 is 5.11 Å². The number of pyridine rings is 1. The van der Waals surface area contributed by atoms with Gasteiger partial charge in [-0.05, 0) is 30.9 Å². The highest BCUT2D eigenvalue weighted by molar-refractivity contribution is 5.64. The summed E-state index contributed by atoms with van der Waals surface area (Å²) >= 11 is 0. The Bertz CT molecular complexity index is 381. The lowest BCUT2D eigenvalue weighted by atomic mass is 10.0. The summed E-state index contributed by atoms with van der Waals surface area (Å²) in [6.45, 7) is 5.22. The molecular formula is C12H19N3O. The smallest absolute Gasteiger partial charge is 0.152 e. The van der Waals surface area contributed by atoms with Crippen molar-refractivity contribution in [3.63, 3.8) is 0 Å². The maximum absolute atomic E-state index is 9.40. The van der Waals surface area contributed by atoms with E-state index in [1.54, 1.807) is 0 Å². The largest absolute Gasteiger partial charge is 0.396 e. The summed E-state index contributed by atoms with van der Waals surface area (Å²) in [6.07, 6.45) is 2.91. The molecule has 1 saturated heterocycles. The Hall–Kier alpha value is -1.29. The average molecular weight is 221 g/mol. The first-order valence-electron chi connectivity index (χ1n) is 5.73. The molecule has 16 heavy (non-hydrogen) atoms. The number of rotatable bonds is 2. The molecule has 2 unspecified atom stereocenters. The zero-order valence-corrected chi connectivity index (χ0v) is 9.85. The third kappa shape index (κ3) is 1.85. The van der Waals surface area contributed by atoms with Crippen LogP contribution in [0.5, 0.6) is 0 Å². The van der Waals surface area contributed by atoms with E-state index in [0.29, 0.717) is 11.6 Å². The molecule has 1 aliphatic heterocycles. The number of aromatic nitrogens is 1. The molecule has 1 aromatic rings. The highest BCUT2D eigenvalue weighted by atomic mass is 16.3. The van der Waals surface area contributed by atoms with Gasteiger partial charge in [0.1, 0.15) is 0 Å². The third-order valence-electron chi connectivity index (χ3n) is 3.37. The predicted octanol–water partition coefficient (Wildman–Crippen LogP) is 1.18. The van der Waals surface area contributed by atoms with Gasteiger partial charge in [-0.25, -0.2) is 4.98 Å². The van der Waals surface area contributed by atoms with Crippen molar-refractivity contribution in [2.75, 3.05) is 23.8 Å². The van der Waals surface area contributed by atoms with E-state index < -0.39 is 0 Å². The maximum atomic E-state index is 9.40. The normalized spacial score (nSPS) is 25.1. The zero-order chi connectivity index (χ0) is 11.7.